The molecule has 2 aromatic carbocycles. The Bertz CT molecular complexity index is 628. The summed E-state index contributed by atoms with van der Waals surface area (Å²) in [5.41, 5.74) is 7.93. The molecule has 1 atom stereocenters. The highest BCUT2D eigenvalue weighted by Gasteiger charge is 2.16. The van der Waals surface area contributed by atoms with E-state index in [0.29, 0.717) is 18.4 Å². The number of ether oxygens (including phenoxy) is 1. The average molecular weight is 286 g/mol. The van der Waals surface area contributed by atoms with Crippen molar-refractivity contribution in [2.45, 2.75) is 18.9 Å². The Kier molecular flexibility index (Phi) is 4.90. The Balaban J connectivity index is 2.12. The van der Waals surface area contributed by atoms with Gasteiger partial charge in [-0.3, -0.25) is 10.1 Å². The van der Waals surface area contributed by atoms with E-state index in [1.165, 1.54) is 6.07 Å². The van der Waals surface area contributed by atoms with E-state index in [9.17, 15) is 10.1 Å². The maximum absolute atomic E-state index is 11.0. The third-order valence-electron chi connectivity index (χ3n) is 3.35. The summed E-state index contributed by atoms with van der Waals surface area (Å²) in [4.78, 5) is 10.6. The average Bonchev–Trinajstić information content (AvgIpc) is 2.48. The van der Waals surface area contributed by atoms with Crippen LogP contribution in [0.3, 0.4) is 0 Å². The zero-order valence-electron chi connectivity index (χ0n) is 11.9. The Morgan fingerprint density at radius 2 is 1.67 bits per heavy atom. The van der Waals surface area contributed by atoms with Crippen LogP contribution in [0.25, 0.3) is 0 Å². The quantitative estimate of drug-likeness (QED) is 0.654. The monoisotopic (exact) mass is 286 g/mol. The molecule has 110 valence electrons. The Morgan fingerprint density at radius 3 is 2.33 bits per heavy atom. The normalized spacial score (nSPS) is 11.9. The second kappa shape index (κ2) is 6.85. The van der Waals surface area contributed by atoms with E-state index in [1.807, 2.05) is 24.3 Å². The van der Waals surface area contributed by atoms with E-state index >= 15 is 0 Å². The van der Waals surface area contributed by atoms with Crippen LogP contribution in [0.1, 0.15) is 11.1 Å². The first-order chi connectivity index (χ1) is 10.1. The minimum absolute atomic E-state index is 0.118. The summed E-state index contributed by atoms with van der Waals surface area (Å²) >= 11 is 0. The summed E-state index contributed by atoms with van der Waals surface area (Å²) in [6, 6.07) is 14.2. The molecule has 0 aromatic heterocycles. The summed E-state index contributed by atoms with van der Waals surface area (Å²) in [5.74, 6) is 0.788. The van der Waals surface area contributed by atoms with E-state index in [0.717, 1.165) is 11.3 Å². The molecular formula is C16H18N2O3. The lowest BCUT2D eigenvalue weighted by Crippen LogP contribution is -2.26. The highest BCUT2D eigenvalue weighted by atomic mass is 16.6. The minimum Gasteiger partial charge on any atom is -0.496 e. The molecule has 5 heteroatoms. The zero-order valence-corrected chi connectivity index (χ0v) is 11.9. The number of methoxy groups -OCH3 is 1. The van der Waals surface area contributed by atoms with Gasteiger partial charge in [-0.1, -0.05) is 36.4 Å². The van der Waals surface area contributed by atoms with Crippen molar-refractivity contribution >= 4 is 5.69 Å². The van der Waals surface area contributed by atoms with Crippen LogP contribution < -0.4 is 10.5 Å². The van der Waals surface area contributed by atoms with Gasteiger partial charge in [-0.05, 0) is 24.5 Å². The van der Waals surface area contributed by atoms with Crippen molar-refractivity contribution in [3.63, 3.8) is 0 Å². The number of benzene rings is 2. The lowest BCUT2D eigenvalue weighted by molar-refractivity contribution is -0.385. The Labute approximate surface area is 123 Å². The molecule has 0 bridgehead atoms. The van der Waals surface area contributed by atoms with Crippen LogP contribution in [0.15, 0.2) is 48.5 Å². The fourth-order valence-corrected chi connectivity index (χ4v) is 2.37. The number of nitro groups is 1. The van der Waals surface area contributed by atoms with Gasteiger partial charge in [0.2, 0.25) is 0 Å². The number of nitro benzene ring substituents is 1. The minimum atomic E-state index is -0.370. The molecule has 0 saturated heterocycles. The number of hydrogen-bond acceptors (Lipinski definition) is 4. The molecule has 1 unspecified atom stereocenters. The van der Waals surface area contributed by atoms with Gasteiger partial charge in [0.15, 0.2) is 0 Å². The Morgan fingerprint density at radius 1 is 1.10 bits per heavy atom. The molecule has 0 fully saturated rings. The lowest BCUT2D eigenvalue weighted by Gasteiger charge is -2.14. The molecule has 0 aliphatic rings. The summed E-state index contributed by atoms with van der Waals surface area (Å²) in [7, 11) is 1.62. The van der Waals surface area contributed by atoms with E-state index < -0.39 is 0 Å². The van der Waals surface area contributed by atoms with Gasteiger partial charge in [0.1, 0.15) is 5.75 Å². The van der Waals surface area contributed by atoms with Crippen LogP contribution in [0.2, 0.25) is 0 Å². The molecule has 2 aromatic rings. The van der Waals surface area contributed by atoms with E-state index in [1.54, 1.807) is 25.3 Å². The molecule has 0 amide bonds. The highest BCUT2D eigenvalue weighted by molar-refractivity contribution is 5.41. The smallest absolute Gasteiger partial charge is 0.272 e. The maximum atomic E-state index is 11.0. The number of nitrogens with two attached hydrogens (primary N) is 1. The molecule has 5 nitrogen and oxygen atoms in total. The van der Waals surface area contributed by atoms with Crippen LogP contribution in [0.4, 0.5) is 5.69 Å². The maximum Gasteiger partial charge on any atom is 0.272 e. The first-order valence-electron chi connectivity index (χ1n) is 6.71. The second-order valence-corrected chi connectivity index (χ2v) is 4.87. The van der Waals surface area contributed by atoms with Gasteiger partial charge in [-0.15, -0.1) is 0 Å². The molecule has 0 aliphatic heterocycles. The van der Waals surface area contributed by atoms with E-state index in [2.05, 4.69) is 0 Å². The molecule has 0 aliphatic carbocycles. The third-order valence-corrected chi connectivity index (χ3v) is 3.35. The summed E-state index contributed by atoms with van der Waals surface area (Å²) < 4.78 is 5.29. The molecule has 0 spiro atoms. The SMILES string of the molecule is COc1ccccc1CC(N)Cc1ccccc1[N+](=O)[O-]. The number of hydrogen-bond donors (Lipinski definition) is 1. The van der Waals surface area contributed by atoms with Crippen LogP contribution in [-0.2, 0) is 12.8 Å². The van der Waals surface area contributed by atoms with Gasteiger partial charge < -0.3 is 10.5 Å². The zero-order chi connectivity index (χ0) is 15.2. The van der Waals surface area contributed by atoms with Gasteiger partial charge in [0, 0.05) is 17.7 Å². The molecule has 0 heterocycles. The van der Waals surface area contributed by atoms with Crippen molar-refractivity contribution in [2.75, 3.05) is 7.11 Å². The van der Waals surface area contributed by atoms with Crippen molar-refractivity contribution in [3.8, 4) is 5.75 Å². The van der Waals surface area contributed by atoms with Crippen LogP contribution in [0.5, 0.6) is 5.75 Å². The summed E-state index contributed by atoms with van der Waals surface area (Å²) in [6.07, 6.45) is 1.06. The van der Waals surface area contributed by atoms with Crippen LogP contribution >= 0.6 is 0 Å². The van der Waals surface area contributed by atoms with Gasteiger partial charge in [0.25, 0.3) is 5.69 Å². The van der Waals surface area contributed by atoms with Crippen molar-refractivity contribution < 1.29 is 9.66 Å². The third kappa shape index (κ3) is 3.79. The van der Waals surface area contributed by atoms with Crippen LogP contribution in [0, 0.1) is 10.1 Å². The van der Waals surface area contributed by atoms with Crippen molar-refractivity contribution in [2.24, 2.45) is 5.73 Å². The molecule has 2 N–H and O–H groups in total. The van der Waals surface area contributed by atoms with Gasteiger partial charge >= 0.3 is 0 Å². The second-order valence-electron chi connectivity index (χ2n) is 4.87. The first-order valence-corrected chi connectivity index (χ1v) is 6.71. The van der Waals surface area contributed by atoms with Gasteiger partial charge in [-0.25, -0.2) is 0 Å². The lowest BCUT2D eigenvalue weighted by atomic mass is 9.98. The summed E-state index contributed by atoms with van der Waals surface area (Å²) in [5, 5.41) is 11.0. The standard InChI is InChI=1S/C16H18N2O3/c1-21-16-9-5-3-7-13(16)11-14(17)10-12-6-2-4-8-15(12)18(19)20/h2-9,14H,10-11,17H2,1H3. The van der Waals surface area contributed by atoms with E-state index in [4.69, 9.17) is 10.5 Å². The summed E-state index contributed by atoms with van der Waals surface area (Å²) in [6.45, 7) is 0. The van der Waals surface area contributed by atoms with Crippen molar-refractivity contribution in [1.82, 2.24) is 0 Å². The molecule has 0 saturated carbocycles. The molecule has 2 rings (SSSR count). The largest absolute Gasteiger partial charge is 0.496 e. The number of para-hydroxylation sites is 2. The van der Waals surface area contributed by atoms with Crippen molar-refractivity contribution in [3.05, 3.63) is 69.8 Å². The molecule has 0 radical (unpaired) electrons. The number of rotatable bonds is 6. The fraction of sp³-hybridized carbons (Fsp3) is 0.250. The van der Waals surface area contributed by atoms with Gasteiger partial charge in [0.05, 0.1) is 12.0 Å². The van der Waals surface area contributed by atoms with Gasteiger partial charge in [-0.2, -0.15) is 0 Å². The Hall–Kier alpha value is -2.40. The highest BCUT2D eigenvalue weighted by Crippen LogP contribution is 2.22. The van der Waals surface area contributed by atoms with Crippen molar-refractivity contribution in [1.29, 1.82) is 0 Å². The molecular weight excluding hydrogens is 268 g/mol. The predicted molar refractivity (Wildman–Crippen MR) is 81.5 cm³/mol. The number of nitrogens with zero attached hydrogens (tertiary/aromatic N) is 1. The van der Waals surface area contributed by atoms with Crippen LogP contribution in [-0.4, -0.2) is 18.1 Å². The predicted octanol–water partition coefficient (Wildman–Crippen LogP) is 2.72. The first kappa shape index (κ1) is 15.0. The fourth-order valence-electron chi connectivity index (χ4n) is 2.37. The molecule has 21 heavy (non-hydrogen) atoms. The topological polar surface area (TPSA) is 78.4 Å². The van der Waals surface area contributed by atoms with E-state index in [-0.39, 0.29) is 16.7 Å².